The van der Waals surface area contributed by atoms with Crippen LogP contribution in [-0.2, 0) is 6.54 Å². The molecule has 1 aliphatic rings. The van der Waals surface area contributed by atoms with Crippen LogP contribution in [0.3, 0.4) is 0 Å². The number of benzene rings is 1. The molecule has 0 spiro atoms. The number of hydrogen-bond donors (Lipinski definition) is 2. The Hall–Kier alpha value is -0.180. The van der Waals surface area contributed by atoms with E-state index in [1.165, 1.54) is 0 Å². The lowest BCUT2D eigenvalue weighted by molar-refractivity contribution is 0.0718. The molecule has 0 aromatic heterocycles. The third-order valence-electron chi connectivity index (χ3n) is 3.60. The fourth-order valence-corrected chi connectivity index (χ4v) is 3.81. The number of guanidine groups is 1. The van der Waals surface area contributed by atoms with E-state index in [0.29, 0.717) is 13.1 Å². The Morgan fingerprint density at radius 1 is 1.50 bits per heavy atom. The summed E-state index contributed by atoms with van der Waals surface area (Å²) in [6.45, 7) is 1.20. The van der Waals surface area contributed by atoms with E-state index >= 15 is 0 Å². The maximum atomic E-state index is 10.4. The predicted octanol–water partition coefficient (Wildman–Crippen LogP) is 2.83. The summed E-state index contributed by atoms with van der Waals surface area (Å²) < 4.78 is 0. The highest BCUT2D eigenvalue weighted by Crippen LogP contribution is 2.27. The van der Waals surface area contributed by atoms with Crippen molar-refractivity contribution >= 4 is 53.3 Å². The average Bonchev–Trinajstić information content (AvgIpc) is 2.89. The molecule has 1 aromatic carbocycles. The maximum Gasteiger partial charge on any atom is 0.193 e. The molecule has 1 saturated heterocycles. The summed E-state index contributed by atoms with van der Waals surface area (Å²) in [6, 6.07) is 7.79. The van der Waals surface area contributed by atoms with Gasteiger partial charge in [-0.2, -0.15) is 11.8 Å². The second kappa shape index (κ2) is 9.20. The fourth-order valence-electron chi connectivity index (χ4n) is 2.32. The summed E-state index contributed by atoms with van der Waals surface area (Å²) in [4.78, 5) is 6.28. The minimum atomic E-state index is -0.619. The van der Waals surface area contributed by atoms with Crippen LogP contribution in [0.2, 0.25) is 5.02 Å². The van der Waals surface area contributed by atoms with Gasteiger partial charge in [-0.05, 0) is 23.8 Å². The van der Waals surface area contributed by atoms with Crippen LogP contribution in [0.4, 0.5) is 0 Å². The average molecular weight is 456 g/mol. The van der Waals surface area contributed by atoms with E-state index in [2.05, 4.69) is 10.3 Å². The molecule has 0 aliphatic carbocycles. The molecule has 0 amide bonds. The molecule has 124 valence electrons. The Morgan fingerprint density at radius 2 is 2.23 bits per heavy atom. The van der Waals surface area contributed by atoms with E-state index in [9.17, 15) is 5.11 Å². The zero-order chi connectivity index (χ0) is 15.3. The van der Waals surface area contributed by atoms with Crippen molar-refractivity contribution in [1.29, 1.82) is 0 Å². The SMILES string of the molecule is CN=C(NCC1(O)CCSC1)N(C)Cc1ccccc1Cl.I. The van der Waals surface area contributed by atoms with Crippen LogP contribution in [-0.4, -0.2) is 53.7 Å². The summed E-state index contributed by atoms with van der Waals surface area (Å²) in [5.74, 6) is 2.57. The van der Waals surface area contributed by atoms with E-state index in [1.807, 2.05) is 36.2 Å². The molecular weight excluding hydrogens is 433 g/mol. The topological polar surface area (TPSA) is 47.9 Å². The Kier molecular flexibility index (Phi) is 8.31. The number of rotatable bonds is 4. The molecule has 7 heteroatoms. The first kappa shape index (κ1) is 19.9. The Labute approximate surface area is 158 Å². The van der Waals surface area contributed by atoms with Crippen molar-refractivity contribution in [3.63, 3.8) is 0 Å². The van der Waals surface area contributed by atoms with Crippen LogP contribution < -0.4 is 5.32 Å². The predicted molar refractivity (Wildman–Crippen MR) is 107 cm³/mol. The molecule has 2 N–H and O–H groups in total. The first-order valence-corrected chi connectivity index (χ1v) is 8.53. The van der Waals surface area contributed by atoms with Crippen LogP contribution in [0.25, 0.3) is 0 Å². The number of hydrogen-bond acceptors (Lipinski definition) is 3. The maximum absolute atomic E-state index is 10.4. The fraction of sp³-hybridized carbons (Fsp3) is 0.533. The van der Waals surface area contributed by atoms with Gasteiger partial charge < -0.3 is 15.3 Å². The number of halogens is 2. The van der Waals surface area contributed by atoms with Crippen molar-refractivity contribution in [3.8, 4) is 0 Å². The second-order valence-electron chi connectivity index (χ2n) is 5.38. The summed E-state index contributed by atoms with van der Waals surface area (Å²) in [6.07, 6.45) is 0.829. The summed E-state index contributed by atoms with van der Waals surface area (Å²) in [5.41, 5.74) is 0.436. The van der Waals surface area contributed by atoms with Gasteiger partial charge in [0.25, 0.3) is 0 Å². The third kappa shape index (κ3) is 5.47. The van der Waals surface area contributed by atoms with E-state index < -0.39 is 5.60 Å². The van der Waals surface area contributed by atoms with E-state index in [4.69, 9.17) is 11.6 Å². The lowest BCUT2D eigenvalue weighted by Gasteiger charge is -2.27. The highest BCUT2D eigenvalue weighted by atomic mass is 127. The normalized spacial score (nSPS) is 21.4. The molecular formula is C15H23ClIN3OS. The van der Waals surface area contributed by atoms with Gasteiger partial charge in [0.05, 0.1) is 5.60 Å². The van der Waals surface area contributed by atoms with Crippen LogP contribution in [0.1, 0.15) is 12.0 Å². The van der Waals surface area contributed by atoms with Gasteiger partial charge in [-0.1, -0.05) is 29.8 Å². The molecule has 0 bridgehead atoms. The number of thioether (sulfide) groups is 1. The van der Waals surface area contributed by atoms with Crippen LogP contribution >= 0.6 is 47.3 Å². The van der Waals surface area contributed by atoms with Crippen molar-refractivity contribution in [2.24, 2.45) is 4.99 Å². The van der Waals surface area contributed by atoms with Crippen molar-refractivity contribution in [2.75, 3.05) is 32.1 Å². The first-order chi connectivity index (χ1) is 10.0. The molecule has 22 heavy (non-hydrogen) atoms. The van der Waals surface area contributed by atoms with Crippen molar-refractivity contribution in [1.82, 2.24) is 10.2 Å². The van der Waals surface area contributed by atoms with Crippen LogP contribution in [0.5, 0.6) is 0 Å². The summed E-state index contributed by atoms with van der Waals surface area (Å²) in [7, 11) is 3.71. The number of aliphatic imine (C=N–C) groups is 1. The second-order valence-corrected chi connectivity index (χ2v) is 6.89. The molecule has 1 heterocycles. The lowest BCUT2D eigenvalue weighted by Crippen LogP contribution is -2.47. The van der Waals surface area contributed by atoms with Crippen LogP contribution in [0, 0.1) is 0 Å². The third-order valence-corrected chi connectivity index (χ3v) is 5.20. The minimum Gasteiger partial charge on any atom is -0.387 e. The van der Waals surface area contributed by atoms with Crippen molar-refractivity contribution < 1.29 is 5.11 Å². The lowest BCUT2D eigenvalue weighted by atomic mass is 10.0. The number of nitrogens with one attached hydrogen (secondary N) is 1. The Morgan fingerprint density at radius 3 is 2.82 bits per heavy atom. The molecule has 2 rings (SSSR count). The molecule has 0 radical (unpaired) electrons. The summed E-state index contributed by atoms with van der Waals surface area (Å²) in [5, 5.41) is 14.4. The Bertz CT molecular complexity index is 509. The monoisotopic (exact) mass is 455 g/mol. The smallest absolute Gasteiger partial charge is 0.193 e. The largest absolute Gasteiger partial charge is 0.387 e. The molecule has 1 aliphatic heterocycles. The van der Waals surface area contributed by atoms with E-state index in [1.54, 1.807) is 18.8 Å². The molecule has 0 saturated carbocycles. The van der Waals surface area contributed by atoms with Crippen molar-refractivity contribution in [3.05, 3.63) is 34.9 Å². The van der Waals surface area contributed by atoms with Crippen molar-refractivity contribution in [2.45, 2.75) is 18.6 Å². The zero-order valence-corrected chi connectivity index (χ0v) is 16.8. The highest BCUT2D eigenvalue weighted by Gasteiger charge is 2.31. The molecule has 1 atom stereocenters. The van der Waals surface area contributed by atoms with Crippen LogP contribution in [0.15, 0.2) is 29.3 Å². The molecule has 4 nitrogen and oxygen atoms in total. The Balaban J connectivity index is 0.00000242. The van der Waals surface area contributed by atoms with Gasteiger partial charge in [0.2, 0.25) is 0 Å². The van der Waals surface area contributed by atoms with Gasteiger partial charge in [0.1, 0.15) is 0 Å². The van der Waals surface area contributed by atoms with E-state index in [-0.39, 0.29) is 24.0 Å². The highest BCUT2D eigenvalue weighted by molar-refractivity contribution is 14.0. The quantitative estimate of drug-likeness (QED) is 0.416. The van der Waals surface area contributed by atoms with Gasteiger partial charge in [-0.25, -0.2) is 0 Å². The van der Waals surface area contributed by atoms with E-state index in [0.717, 1.165) is 34.5 Å². The van der Waals surface area contributed by atoms with Gasteiger partial charge >= 0.3 is 0 Å². The first-order valence-electron chi connectivity index (χ1n) is 6.99. The molecule has 1 fully saturated rings. The van der Waals surface area contributed by atoms with Gasteiger partial charge in [0, 0.05) is 38.0 Å². The summed E-state index contributed by atoms with van der Waals surface area (Å²) >= 11 is 7.98. The minimum absolute atomic E-state index is 0. The molecule has 1 unspecified atom stereocenters. The number of nitrogens with zero attached hydrogens (tertiary/aromatic N) is 2. The molecule has 1 aromatic rings. The van der Waals surface area contributed by atoms with Gasteiger partial charge in [-0.3, -0.25) is 4.99 Å². The van der Waals surface area contributed by atoms with Gasteiger partial charge in [-0.15, -0.1) is 24.0 Å². The van der Waals surface area contributed by atoms with Gasteiger partial charge in [0.15, 0.2) is 5.96 Å². The zero-order valence-electron chi connectivity index (χ0n) is 12.9. The number of aliphatic hydroxyl groups is 1. The standard InChI is InChI=1S/C15H22ClN3OS.HI/c1-17-14(18-10-15(20)7-8-21-11-15)19(2)9-12-5-3-4-6-13(12)16;/h3-6,20H,7-11H2,1-2H3,(H,17,18);1H.